The molecule has 2 aromatic carbocycles. The number of rotatable bonds is 5. The number of nitriles is 1. The van der Waals surface area contributed by atoms with Gasteiger partial charge in [-0.1, -0.05) is 36.4 Å². The van der Waals surface area contributed by atoms with Gasteiger partial charge in [0.05, 0.1) is 11.6 Å². The molecule has 6 nitrogen and oxygen atoms in total. The second-order valence-electron chi connectivity index (χ2n) is 5.63. The van der Waals surface area contributed by atoms with Crippen LogP contribution < -0.4 is 5.32 Å². The lowest BCUT2D eigenvalue weighted by atomic mass is 10.2. The first kappa shape index (κ1) is 18.3. The Labute approximate surface area is 160 Å². The minimum atomic E-state index is -1.01. The van der Waals surface area contributed by atoms with Crippen molar-refractivity contribution in [1.82, 2.24) is 4.98 Å². The molecule has 0 bridgehead atoms. The number of amides is 1. The monoisotopic (exact) mass is 377 g/mol. The van der Waals surface area contributed by atoms with Crippen LogP contribution in [0.2, 0.25) is 0 Å². The van der Waals surface area contributed by atoms with Crippen LogP contribution in [0.4, 0.5) is 5.69 Å². The Morgan fingerprint density at radius 2 is 1.96 bits per heavy atom. The van der Waals surface area contributed by atoms with Gasteiger partial charge in [0.15, 0.2) is 11.8 Å². The molecule has 1 N–H and O–H groups in total. The fraction of sp³-hybridized carbons (Fsp3) is 0.100. The average molecular weight is 377 g/mol. The topological polar surface area (TPSA) is 92.1 Å². The van der Waals surface area contributed by atoms with E-state index in [1.165, 1.54) is 18.3 Å². The molecule has 0 fully saturated rings. The van der Waals surface area contributed by atoms with Crippen LogP contribution in [0.1, 0.15) is 23.0 Å². The highest BCUT2D eigenvalue weighted by atomic mass is 32.1. The van der Waals surface area contributed by atoms with Crippen molar-refractivity contribution in [3.8, 4) is 16.6 Å². The van der Waals surface area contributed by atoms with Gasteiger partial charge in [-0.15, -0.1) is 11.3 Å². The first-order chi connectivity index (χ1) is 13.1. The highest BCUT2D eigenvalue weighted by Gasteiger charge is 2.21. The summed E-state index contributed by atoms with van der Waals surface area (Å²) in [7, 11) is 0. The molecule has 1 amide bonds. The van der Waals surface area contributed by atoms with E-state index in [4.69, 9.17) is 10.00 Å². The second-order valence-corrected chi connectivity index (χ2v) is 6.49. The summed E-state index contributed by atoms with van der Waals surface area (Å²) in [5.74, 6) is -1.15. The lowest BCUT2D eigenvalue weighted by Crippen LogP contribution is -2.30. The molecule has 1 aromatic heterocycles. The molecule has 0 aliphatic heterocycles. The van der Waals surface area contributed by atoms with Gasteiger partial charge in [0.25, 0.3) is 5.91 Å². The summed E-state index contributed by atoms with van der Waals surface area (Å²) in [5.41, 5.74) is 1.95. The number of carbonyl (C=O) groups is 2. The Morgan fingerprint density at radius 1 is 1.19 bits per heavy atom. The zero-order valence-corrected chi connectivity index (χ0v) is 15.2. The number of nitrogens with zero attached hydrogens (tertiary/aromatic N) is 2. The maximum Gasteiger partial charge on any atom is 0.358 e. The Balaban J connectivity index is 1.62. The molecule has 3 aromatic rings. The van der Waals surface area contributed by atoms with Crippen LogP contribution in [-0.2, 0) is 9.53 Å². The van der Waals surface area contributed by atoms with E-state index in [-0.39, 0.29) is 5.69 Å². The summed E-state index contributed by atoms with van der Waals surface area (Å²) in [5, 5.41) is 13.8. The molecule has 27 heavy (non-hydrogen) atoms. The van der Waals surface area contributed by atoms with Crippen molar-refractivity contribution in [3.63, 3.8) is 0 Å². The van der Waals surface area contributed by atoms with Crippen LogP contribution in [0.15, 0.2) is 60.0 Å². The smallest absolute Gasteiger partial charge is 0.358 e. The predicted octanol–water partition coefficient (Wildman–Crippen LogP) is 3.87. The first-order valence-corrected chi connectivity index (χ1v) is 8.98. The van der Waals surface area contributed by atoms with E-state index in [0.717, 1.165) is 5.56 Å². The van der Waals surface area contributed by atoms with Crippen LogP contribution in [0.25, 0.3) is 10.6 Å². The number of hydrogen-bond acceptors (Lipinski definition) is 6. The van der Waals surface area contributed by atoms with Gasteiger partial charge in [-0.25, -0.2) is 9.78 Å². The highest BCUT2D eigenvalue weighted by Crippen LogP contribution is 2.23. The molecule has 7 heteroatoms. The summed E-state index contributed by atoms with van der Waals surface area (Å²) < 4.78 is 5.20. The number of carbonyl (C=O) groups excluding carboxylic acids is 2. The molecule has 134 valence electrons. The number of hydrogen-bond donors (Lipinski definition) is 1. The summed E-state index contributed by atoms with van der Waals surface area (Å²) in [6.07, 6.45) is -1.01. The Kier molecular flexibility index (Phi) is 5.59. The molecule has 0 radical (unpaired) electrons. The summed E-state index contributed by atoms with van der Waals surface area (Å²) >= 11 is 1.33. The van der Waals surface area contributed by atoms with E-state index in [1.807, 2.05) is 36.4 Å². The molecule has 0 saturated heterocycles. The van der Waals surface area contributed by atoms with Crippen molar-refractivity contribution in [1.29, 1.82) is 5.26 Å². The molecular formula is C20H15N3O3S. The van der Waals surface area contributed by atoms with Crippen LogP contribution in [-0.4, -0.2) is 23.0 Å². The standard InChI is InChI=1S/C20H15N3O3S/c1-13(18(24)22-16-9-5-6-14(10-16)11-21)26-20(25)17-12-27-19(23-17)15-7-3-2-4-8-15/h2-10,12-13H,1H3,(H,22,24)/t13-/m1/s1. The zero-order chi connectivity index (χ0) is 19.2. The molecule has 3 rings (SSSR count). The van der Waals surface area contributed by atoms with E-state index in [1.54, 1.807) is 29.6 Å². The number of anilines is 1. The summed E-state index contributed by atoms with van der Waals surface area (Å²) in [6.45, 7) is 1.48. The second kappa shape index (κ2) is 8.25. The molecule has 0 spiro atoms. The number of esters is 1. The van der Waals surface area contributed by atoms with E-state index < -0.39 is 18.0 Å². The van der Waals surface area contributed by atoms with Crippen LogP contribution in [0, 0.1) is 11.3 Å². The highest BCUT2D eigenvalue weighted by molar-refractivity contribution is 7.13. The molecule has 0 saturated carbocycles. The molecule has 1 atom stereocenters. The van der Waals surface area contributed by atoms with Gasteiger partial charge < -0.3 is 10.1 Å². The van der Waals surface area contributed by atoms with Gasteiger partial charge in [0, 0.05) is 16.6 Å². The summed E-state index contributed by atoms with van der Waals surface area (Å²) in [6, 6.07) is 18.0. The zero-order valence-electron chi connectivity index (χ0n) is 14.4. The van der Waals surface area contributed by atoms with Crippen LogP contribution in [0.3, 0.4) is 0 Å². The van der Waals surface area contributed by atoms with Crippen molar-refractivity contribution in [3.05, 3.63) is 71.2 Å². The number of benzene rings is 2. The molecule has 1 heterocycles. The van der Waals surface area contributed by atoms with Crippen molar-refractivity contribution in [2.75, 3.05) is 5.32 Å². The lowest BCUT2D eigenvalue weighted by molar-refractivity contribution is -0.123. The van der Waals surface area contributed by atoms with Gasteiger partial charge in [-0.05, 0) is 25.1 Å². The predicted molar refractivity (Wildman–Crippen MR) is 102 cm³/mol. The van der Waals surface area contributed by atoms with E-state index in [9.17, 15) is 9.59 Å². The van der Waals surface area contributed by atoms with Gasteiger partial charge in [-0.2, -0.15) is 5.26 Å². The SMILES string of the molecule is C[C@@H](OC(=O)c1csc(-c2ccccc2)n1)C(=O)Nc1cccc(C#N)c1. The lowest BCUT2D eigenvalue weighted by Gasteiger charge is -2.12. The van der Waals surface area contributed by atoms with Gasteiger partial charge in [-0.3, -0.25) is 4.79 Å². The van der Waals surface area contributed by atoms with E-state index >= 15 is 0 Å². The van der Waals surface area contributed by atoms with Crippen molar-refractivity contribution in [2.45, 2.75) is 13.0 Å². The summed E-state index contributed by atoms with van der Waals surface area (Å²) in [4.78, 5) is 28.7. The Morgan fingerprint density at radius 3 is 2.70 bits per heavy atom. The van der Waals surface area contributed by atoms with E-state index in [2.05, 4.69) is 10.3 Å². The minimum Gasteiger partial charge on any atom is -0.448 e. The quantitative estimate of drug-likeness (QED) is 0.682. The van der Waals surface area contributed by atoms with E-state index in [0.29, 0.717) is 16.3 Å². The fourth-order valence-electron chi connectivity index (χ4n) is 2.27. The molecule has 0 unspecified atom stereocenters. The minimum absolute atomic E-state index is 0.157. The number of nitrogens with one attached hydrogen (secondary N) is 1. The Bertz CT molecular complexity index is 1010. The molecule has 0 aliphatic rings. The largest absolute Gasteiger partial charge is 0.448 e. The number of ether oxygens (including phenoxy) is 1. The van der Waals surface area contributed by atoms with Crippen molar-refractivity contribution >= 4 is 28.9 Å². The van der Waals surface area contributed by atoms with Crippen LogP contribution in [0.5, 0.6) is 0 Å². The maximum atomic E-state index is 12.3. The van der Waals surface area contributed by atoms with Gasteiger partial charge >= 0.3 is 5.97 Å². The van der Waals surface area contributed by atoms with Crippen molar-refractivity contribution < 1.29 is 14.3 Å². The molecule has 0 aliphatic carbocycles. The van der Waals surface area contributed by atoms with Gasteiger partial charge in [0.2, 0.25) is 0 Å². The fourth-order valence-corrected chi connectivity index (χ4v) is 3.06. The number of aromatic nitrogens is 1. The normalized spacial score (nSPS) is 11.3. The third-order valence-corrected chi connectivity index (χ3v) is 4.54. The molecular weight excluding hydrogens is 362 g/mol. The maximum absolute atomic E-state index is 12.3. The van der Waals surface area contributed by atoms with Crippen molar-refractivity contribution in [2.24, 2.45) is 0 Å². The first-order valence-electron chi connectivity index (χ1n) is 8.10. The van der Waals surface area contributed by atoms with Crippen LogP contribution >= 0.6 is 11.3 Å². The average Bonchev–Trinajstić information content (AvgIpc) is 3.19. The third kappa shape index (κ3) is 4.57. The third-order valence-electron chi connectivity index (χ3n) is 3.65. The number of thiazole rings is 1. The van der Waals surface area contributed by atoms with Gasteiger partial charge in [0.1, 0.15) is 5.01 Å². The Hall–Kier alpha value is -3.50.